The molecular weight excluding hydrogens is 254 g/mol. The summed E-state index contributed by atoms with van der Waals surface area (Å²) in [5, 5.41) is 21.6. The smallest absolute Gasteiger partial charge is 0.389 e. The van der Waals surface area contributed by atoms with Crippen molar-refractivity contribution in [2.75, 3.05) is 13.6 Å². The molecule has 0 saturated carbocycles. The molecule has 0 aliphatic heterocycles. The lowest BCUT2D eigenvalue weighted by Crippen LogP contribution is -2.31. The van der Waals surface area contributed by atoms with Crippen LogP contribution in [0.25, 0.3) is 0 Å². The predicted octanol–water partition coefficient (Wildman–Crippen LogP) is 1.46. The van der Waals surface area contributed by atoms with Gasteiger partial charge in [0, 0.05) is 6.54 Å². The van der Waals surface area contributed by atoms with Gasteiger partial charge in [-0.25, -0.2) is 4.39 Å². The van der Waals surface area contributed by atoms with Gasteiger partial charge in [-0.2, -0.15) is 13.2 Å². The van der Waals surface area contributed by atoms with Crippen LogP contribution in [0.5, 0.6) is 0 Å². The van der Waals surface area contributed by atoms with E-state index in [1.165, 1.54) is 7.05 Å². The van der Waals surface area contributed by atoms with Crippen LogP contribution in [-0.2, 0) is 6.18 Å². The van der Waals surface area contributed by atoms with Crippen molar-refractivity contribution in [2.24, 2.45) is 0 Å². The molecule has 0 fully saturated rings. The van der Waals surface area contributed by atoms with Crippen molar-refractivity contribution in [2.45, 2.75) is 18.4 Å². The minimum Gasteiger partial charge on any atom is -0.389 e. The molecular formula is C11H13F4NO2. The molecule has 0 radical (unpaired) electrons. The monoisotopic (exact) mass is 267 g/mol. The summed E-state index contributed by atoms with van der Waals surface area (Å²) in [4.78, 5) is 0. The van der Waals surface area contributed by atoms with Crippen LogP contribution in [0, 0.1) is 5.82 Å². The molecule has 7 heteroatoms. The molecule has 0 bridgehead atoms. The van der Waals surface area contributed by atoms with Crippen molar-refractivity contribution in [3.8, 4) is 0 Å². The zero-order valence-corrected chi connectivity index (χ0v) is 9.50. The van der Waals surface area contributed by atoms with Crippen LogP contribution in [-0.4, -0.2) is 29.9 Å². The van der Waals surface area contributed by atoms with Gasteiger partial charge < -0.3 is 15.5 Å². The second-order valence-corrected chi connectivity index (χ2v) is 3.77. The molecule has 0 heterocycles. The maximum atomic E-state index is 13.2. The fourth-order valence-electron chi connectivity index (χ4n) is 1.61. The normalized spacial score (nSPS) is 15.5. The van der Waals surface area contributed by atoms with E-state index in [-0.39, 0.29) is 6.54 Å². The zero-order valence-electron chi connectivity index (χ0n) is 9.50. The van der Waals surface area contributed by atoms with E-state index in [9.17, 15) is 27.8 Å². The van der Waals surface area contributed by atoms with Gasteiger partial charge in [0.25, 0.3) is 0 Å². The van der Waals surface area contributed by atoms with Gasteiger partial charge in [0.2, 0.25) is 0 Å². The van der Waals surface area contributed by atoms with Crippen molar-refractivity contribution >= 4 is 0 Å². The van der Waals surface area contributed by atoms with Crippen molar-refractivity contribution in [1.82, 2.24) is 5.32 Å². The fraction of sp³-hybridized carbons (Fsp3) is 0.455. The third-order valence-electron chi connectivity index (χ3n) is 2.43. The van der Waals surface area contributed by atoms with E-state index >= 15 is 0 Å². The van der Waals surface area contributed by atoms with E-state index in [2.05, 4.69) is 5.32 Å². The second-order valence-electron chi connectivity index (χ2n) is 3.77. The molecule has 0 amide bonds. The van der Waals surface area contributed by atoms with Crippen molar-refractivity contribution in [1.29, 1.82) is 0 Å². The van der Waals surface area contributed by atoms with E-state index < -0.39 is 35.3 Å². The molecule has 0 aliphatic carbocycles. The van der Waals surface area contributed by atoms with Crippen LogP contribution in [0.15, 0.2) is 18.2 Å². The lowest BCUT2D eigenvalue weighted by molar-refractivity contribution is -0.142. The number of aliphatic hydroxyl groups is 2. The van der Waals surface area contributed by atoms with E-state index in [4.69, 9.17) is 0 Å². The van der Waals surface area contributed by atoms with Gasteiger partial charge in [0.05, 0.1) is 11.7 Å². The Labute approximate surface area is 101 Å². The van der Waals surface area contributed by atoms with Crippen molar-refractivity contribution < 1.29 is 27.8 Å². The van der Waals surface area contributed by atoms with Gasteiger partial charge in [-0.3, -0.25) is 0 Å². The summed E-state index contributed by atoms with van der Waals surface area (Å²) in [6.45, 7) is -0.116. The number of likely N-dealkylation sites (N-methyl/N-ethyl adjacent to an activating group) is 1. The number of aliphatic hydroxyl groups excluding tert-OH is 2. The Kier molecular flexibility index (Phi) is 4.66. The van der Waals surface area contributed by atoms with Crippen molar-refractivity contribution in [3.63, 3.8) is 0 Å². The van der Waals surface area contributed by atoms with Gasteiger partial charge in [-0.05, 0) is 18.7 Å². The SMILES string of the molecule is CNCC(O)C(O)c1cccc(F)c1C(F)(F)F. The molecule has 18 heavy (non-hydrogen) atoms. The lowest BCUT2D eigenvalue weighted by Gasteiger charge is -2.22. The first-order valence-electron chi connectivity index (χ1n) is 5.15. The maximum Gasteiger partial charge on any atom is 0.419 e. The molecule has 3 N–H and O–H groups in total. The van der Waals surface area contributed by atoms with Crippen LogP contribution in [0.2, 0.25) is 0 Å². The third kappa shape index (κ3) is 3.18. The average molecular weight is 267 g/mol. The summed E-state index contributed by atoms with van der Waals surface area (Å²) in [7, 11) is 1.46. The number of benzene rings is 1. The highest BCUT2D eigenvalue weighted by Crippen LogP contribution is 2.37. The van der Waals surface area contributed by atoms with Gasteiger partial charge in [0.1, 0.15) is 11.9 Å². The standard InChI is InChI=1S/C11H13F4NO2/c1-16-5-8(17)10(18)6-3-2-4-7(12)9(6)11(13,14)15/h2-4,8,10,16-18H,5H2,1H3. The van der Waals surface area contributed by atoms with Gasteiger partial charge >= 0.3 is 6.18 Å². The molecule has 1 aromatic rings. The molecule has 0 aromatic heterocycles. The quantitative estimate of drug-likeness (QED) is 0.724. The van der Waals surface area contributed by atoms with Gasteiger partial charge in [0.15, 0.2) is 0 Å². The minimum absolute atomic E-state index is 0.116. The minimum atomic E-state index is -4.93. The Balaban J connectivity index is 3.20. The summed E-state index contributed by atoms with van der Waals surface area (Å²) >= 11 is 0. The molecule has 0 aliphatic rings. The summed E-state index contributed by atoms with van der Waals surface area (Å²) in [6.07, 6.45) is -8.20. The van der Waals surface area contributed by atoms with Crippen molar-refractivity contribution in [3.05, 3.63) is 35.1 Å². The van der Waals surface area contributed by atoms with Crippen LogP contribution in [0.4, 0.5) is 17.6 Å². The molecule has 102 valence electrons. The highest BCUT2D eigenvalue weighted by molar-refractivity contribution is 5.33. The first-order chi connectivity index (χ1) is 8.29. The topological polar surface area (TPSA) is 52.5 Å². The number of halogens is 4. The highest BCUT2D eigenvalue weighted by atomic mass is 19.4. The Morgan fingerprint density at radius 3 is 2.39 bits per heavy atom. The van der Waals surface area contributed by atoms with Gasteiger partial charge in [-0.15, -0.1) is 0 Å². The first kappa shape index (κ1) is 14.9. The first-order valence-corrected chi connectivity index (χ1v) is 5.15. The molecule has 1 rings (SSSR count). The lowest BCUT2D eigenvalue weighted by atomic mass is 9.97. The fourth-order valence-corrected chi connectivity index (χ4v) is 1.61. The predicted molar refractivity (Wildman–Crippen MR) is 56.3 cm³/mol. The molecule has 2 unspecified atom stereocenters. The summed E-state index contributed by atoms with van der Waals surface area (Å²) in [5.74, 6) is -1.48. The average Bonchev–Trinajstić information content (AvgIpc) is 2.26. The molecule has 3 nitrogen and oxygen atoms in total. The number of alkyl halides is 3. The zero-order chi connectivity index (χ0) is 13.9. The summed E-state index contributed by atoms with van der Waals surface area (Å²) in [5.41, 5.74) is -2.22. The summed E-state index contributed by atoms with van der Waals surface area (Å²) < 4.78 is 51.2. The molecule has 0 saturated heterocycles. The number of hydrogen-bond acceptors (Lipinski definition) is 3. The highest BCUT2D eigenvalue weighted by Gasteiger charge is 2.39. The van der Waals surface area contributed by atoms with Crippen LogP contribution in [0.3, 0.4) is 0 Å². The Morgan fingerprint density at radius 2 is 1.89 bits per heavy atom. The largest absolute Gasteiger partial charge is 0.419 e. The van der Waals surface area contributed by atoms with Crippen LogP contribution < -0.4 is 5.32 Å². The number of nitrogens with one attached hydrogen (secondary N) is 1. The second kappa shape index (κ2) is 5.64. The van der Waals surface area contributed by atoms with Crippen LogP contribution >= 0.6 is 0 Å². The Morgan fingerprint density at radius 1 is 1.28 bits per heavy atom. The Bertz CT molecular complexity index is 409. The Hall–Kier alpha value is -1.18. The van der Waals surface area contributed by atoms with E-state index in [0.29, 0.717) is 6.07 Å². The number of rotatable bonds is 4. The molecule has 2 atom stereocenters. The van der Waals surface area contributed by atoms with Crippen LogP contribution in [0.1, 0.15) is 17.2 Å². The third-order valence-corrected chi connectivity index (χ3v) is 2.43. The van der Waals surface area contributed by atoms with E-state index in [0.717, 1.165) is 12.1 Å². The maximum absolute atomic E-state index is 13.2. The van der Waals surface area contributed by atoms with Gasteiger partial charge in [-0.1, -0.05) is 12.1 Å². The summed E-state index contributed by atoms with van der Waals surface area (Å²) in [6, 6.07) is 2.65. The molecule has 0 spiro atoms. The molecule has 1 aromatic carbocycles. The van der Waals surface area contributed by atoms with E-state index in [1.54, 1.807) is 0 Å². The number of hydrogen-bond donors (Lipinski definition) is 3. The van der Waals surface area contributed by atoms with E-state index in [1.807, 2.05) is 0 Å².